The molecule has 1 aromatic carbocycles. The third-order valence-electron chi connectivity index (χ3n) is 4.11. The lowest BCUT2D eigenvalue weighted by molar-refractivity contribution is 0.754. The van der Waals surface area contributed by atoms with E-state index in [1.165, 1.54) is 5.56 Å². The van der Waals surface area contributed by atoms with Crippen molar-refractivity contribution in [3.05, 3.63) is 52.9 Å². The van der Waals surface area contributed by atoms with Gasteiger partial charge >= 0.3 is 0 Å². The van der Waals surface area contributed by atoms with E-state index in [0.717, 1.165) is 35.8 Å². The van der Waals surface area contributed by atoms with Gasteiger partial charge in [-0.2, -0.15) is 0 Å². The summed E-state index contributed by atoms with van der Waals surface area (Å²) in [6.07, 6.45) is 5.98. The predicted octanol–water partition coefficient (Wildman–Crippen LogP) is 2.91. The molecule has 0 saturated heterocycles. The van der Waals surface area contributed by atoms with Crippen LogP contribution < -0.4 is 10.7 Å². The van der Waals surface area contributed by atoms with Crippen LogP contribution in [0.2, 0.25) is 0 Å². The second kappa shape index (κ2) is 6.49. The Bertz CT molecular complexity index is 803. The second-order valence-electron chi connectivity index (χ2n) is 5.68. The first kappa shape index (κ1) is 15.0. The molecule has 4 heteroatoms. The van der Waals surface area contributed by atoms with Crippen molar-refractivity contribution in [1.82, 2.24) is 9.55 Å². The minimum absolute atomic E-state index is 0.409. The van der Waals surface area contributed by atoms with Crippen molar-refractivity contribution in [2.75, 3.05) is 0 Å². The van der Waals surface area contributed by atoms with Crippen LogP contribution in [0.5, 0.6) is 0 Å². The lowest BCUT2D eigenvalue weighted by atomic mass is 9.99. The van der Waals surface area contributed by atoms with E-state index in [1.54, 1.807) is 0 Å². The summed E-state index contributed by atoms with van der Waals surface area (Å²) >= 11 is 6.41. The smallest absolute Gasteiger partial charge is 0.156 e. The van der Waals surface area contributed by atoms with Crippen molar-refractivity contribution in [2.45, 2.75) is 33.2 Å². The monoisotopic (exact) mass is 313 g/mol. The standard InChI is InChI=1S/C18H20ClN3/c1-3-15-13(2)9-10-16-17(18(19)21-15)20-12-22(16)11-14-7-5-4-6-8-14/h4-8,10,12-13H,3,9,11H2,1-2H3. The fourth-order valence-electron chi connectivity index (χ4n) is 2.81. The minimum atomic E-state index is 0.409. The van der Waals surface area contributed by atoms with Crippen molar-refractivity contribution >= 4 is 28.5 Å². The van der Waals surface area contributed by atoms with Gasteiger partial charge in [0, 0.05) is 12.3 Å². The summed E-state index contributed by atoms with van der Waals surface area (Å²) < 4.78 is 2.15. The van der Waals surface area contributed by atoms with Crippen molar-refractivity contribution in [1.29, 1.82) is 0 Å². The average molecular weight is 314 g/mol. The van der Waals surface area contributed by atoms with Crippen LogP contribution in [-0.4, -0.2) is 15.3 Å². The molecule has 2 heterocycles. The fourth-order valence-corrected chi connectivity index (χ4v) is 3.07. The van der Waals surface area contributed by atoms with Gasteiger partial charge in [0.1, 0.15) is 5.35 Å². The van der Waals surface area contributed by atoms with Gasteiger partial charge in [-0.15, -0.1) is 0 Å². The highest BCUT2D eigenvalue weighted by Gasteiger charge is 2.13. The largest absolute Gasteiger partial charge is 0.326 e. The van der Waals surface area contributed by atoms with Gasteiger partial charge < -0.3 is 4.57 Å². The molecule has 0 aliphatic carbocycles. The number of aliphatic imine (C=N–C) groups is 1. The summed E-state index contributed by atoms with van der Waals surface area (Å²) in [4.78, 5) is 9.09. The zero-order chi connectivity index (χ0) is 15.5. The molecule has 3 nitrogen and oxygen atoms in total. The lowest BCUT2D eigenvalue weighted by Gasteiger charge is -2.12. The average Bonchev–Trinajstić information content (AvgIpc) is 2.92. The maximum Gasteiger partial charge on any atom is 0.156 e. The van der Waals surface area contributed by atoms with Crippen LogP contribution in [0.3, 0.4) is 0 Å². The Labute approximate surface area is 135 Å². The Hall–Kier alpha value is -1.87. The van der Waals surface area contributed by atoms with E-state index < -0.39 is 0 Å². The van der Waals surface area contributed by atoms with Crippen LogP contribution in [0.4, 0.5) is 0 Å². The first-order chi connectivity index (χ1) is 10.7. The number of rotatable bonds is 3. The van der Waals surface area contributed by atoms with Gasteiger partial charge in [-0.05, 0) is 24.3 Å². The van der Waals surface area contributed by atoms with Crippen molar-refractivity contribution < 1.29 is 0 Å². The molecule has 22 heavy (non-hydrogen) atoms. The number of halogens is 1. The molecule has 1 aliphatic heterocycles. The van der Waals surface area contributed by atoms with E-state index in [-0.39, 0.29) is 0 Å². The van der Waals surface area contributed by atoms with Gasteiger partial charge in [0.2, 0.25) is 0 Å². The Morgan fingerprint density at radius 3 is 2.77 bits per heavy atom. The van der Waals surface area contributed by atoms with E-state index in [9.17, 15) is 0 Å². The highest BCUT2D eigenvalue weighted by atomic mass is 35.5. The number of nitrogens with zero attached hydrogens (tertiary/aromatic N) is 3. The van der Waals surface area contributed by atoms with Gasteiger partial charge in [-0.3, -0.25) is 0 Å². The Morgan fingerprint density at radius 2 is 2.05 bits per heavy atom. The molecule has 0 bridgehead atoms. The van der Waals surface area contributed by atoms with Crippen LogP contribution in [0.1, 0.15) is 32.3 Å². The number of hydrogen-bond donors (Lipinski definition) is 0. The summed E-state index contributed by atoms with van der Waals surface area (Å²) in [5.41, 5.74) is 2.39. The van der Waals surface area contributed by atoms with Crippen molar-refractivity contribution in [2.24, 2.45) is 10.9 Å². The molecule has 0 radical (unpaired) electrons. The van der Waals surface area contributed by atoms with Crippen LogP contribution in [0, 0.1) is 5.92 Å². The lowest BCUT2D eigenvalue weighted by Crippen LogP contribution is -2.33. The first-order valence-electron chi connectivity index (χ1n) is 7.71. The molecule has 114 valence electrons. The van der Waals surface area contributed by atoms with Crippen LogP contribution in [0.15, 0.2) is 41.7 Å². The van der Waals surface area contributed by atoms with Crippen molar-refractivity contribution in [3.63, 3.8) is 0 Å². The fraction of sp³-hybridized carbons (Fsp3) is 0.333. The maximum absolute atomic E-state index is 6.41. The molecular formula is C18H20ClN3. The number of hydrogen-bond acceptors (Lipinski definition) is 2. The molecule has 1 aliphatic rings. The molecule has 1 unspecified atom stereocenters. The molecule has 0 spiro atoms. The van der Waals surface area contributed by atoms with E-state index in [0.29, 0.717) is 11.1 Å². The summed E-state index contributed by atoms with van der Waals surface area (Å²) in [6.45, 7) is 5.12. The molecule has 0 fully saturated rings. The number of fused-ring (bicyclic) bond motifs is 1. The summed E-state index contributed by atoms with van der Waals surface area (Å²) in [6, 6.07) is 10.4. The molecule has 0 N–H and O–H groups in total. The molecule has 0 saturated carbocycles. The van der Waals surface area contributed by atoms with E-state index >= 15 is 0 Å². The molecular weight excluding hydrogens is 294 g/mol. The first-order valence-corrected chi connectivity index (χ1v) is 8.09. The topological polar surface area (TPSA) is 30.2 Å². The van der Waals surface area contributed by atoms with E-state index in [4.69, 9.17) is 11.6 Å². The third-order valence-corrected chi connectivity index (χ3v) is 4.37. The van der Waals surface area contributed by atoms with Crippen molar-refractivity contribution in [3.8, 4) is 0 Å². The third kappa shape index (κ3) is 3.00. The van der Waals surface area contributed by atoms with Crippen LogP contribution >= 0.6 is 11.6 Å². The van der Waals surface area contributed by atoms with Crippen LogP contribution in [-0.2, 0) is 6.54 Å². The molecule has 1 aromatic heterocycles. The molecule has 0 amide bonds. The maximum atomic E-state index is 6.41. The minimum Gasteiger partial charge on any atom is -0.326 e. The Kier molecular flexibility index (Phi) is 4.44. The zero-order valence-corrected chi connectivity index (χ0v) is 13.7. The van der Waals surface area contributed by atoms with Gasteiger partial charge in [0.25, 0.3) is 0 Å². The zero-order valence-electron chi connectivity index (χ0n) is 13.0. The number of aromatic nitrogens is 2. The van der Waals surface area contributed by atoms with Gasteiger partial charge in [0.15, 0.2) is 5.16 Å². The van der Waals surface area contributed by atoms with Gasteiger partial charge in [0.05, 0.1) is 11.7 Å². The Balaban J connectivity index is 2.09. The summed E-state index contributed by atoms with van der Waals surface area (Å²) in [7, 11) is 0. The highest BCUT2D eigenvalue weighted by molar-refractivity contribution is 6.45. The number of imidazole rings is 1. The predicted molar refractivity (Wildman–Crippen MR) is 92.3 cm³/mol. The Morgan fingerprint density at radius 1 is 1.27 bits per heavy atom. The second-order valence-corrected chi connectivity index (χ2v) is 6.04. The quantitative estimate of drug-likeness (QED) is 0.801. The molecule has 2 aromatic rings. The van der Waals surface area contributed by atoms with Gasteiger partial charge in [-0.25, -0.2) is 9.98 Å². The van der Waals surface area contributed by atoms with E-state index in [2.05, 4.69) is 58.7 Å². The summed E-state index contributed by atoms with van der Waals surface area (Å²) in [5, 5.41) is 2.36. The molecule has 3 rings (SSSR count). The van der Waals surface area contributed by atoms with Crippen LogP contribution in [0.25, 0.3) is 11.2 Å². The van der Waals surface area contributed by atoms with E-state index in [1.807, 2.05) is 12.4 Å². The summed E-state index contributed by atoms with van der Waals surface area (Å²) in [5.74, 6) is 0.409. The van der Waals surface area contributed by atoms with Gasteiger partial charge in [-0.1, -0.05) is 61.9 Å². The SMILES string of the molecule is CCC1=NC(Cl)=c2ncn(Cc3ccccc3)c2=CCC1C. The molecule has 1 atom stereocenters. The normalized spacial score (nSPS) is 18.0. The number of benzene rings is 1. The highest BCUT2D eigenvalue weighted by Crippen LogP contribution is 2.14.